The zero-order chi connectivity index (χ0) is 17.4. The number of hydrogen-bond donors (Lipinski definition) is 1. The molecule has 0 saturated carbocycles. The molecule has 4 heteroatoms. The molecule has 1 aliphatic carbocycles. The summed E-state index contributed by atoms with van der Waals surface area (Å²) in [6.45, 7) is 0.737. The Labute approximate surface area is 147 Å². The molecular weight excluding hydrogens is 314 g/mol. The first kappa shape index (κ1) is 15.9. The molecule has 4 nitrogen and oxygen atoms in total. The molecule has 0 radical (unpaired) electrons. The van der Waals surface area contributed by atoms with Crippen molar-refractivity contribution >= 4 is 11.9 Å². The number of carboxylic acids is 1. The first-order chi connectivity index (χ1) is 12.1. The Morgan fingerprint density at radius 1 is 0.960 bits per heavy atom. The Bertz CT molecular complexity index is 815. The van der Waals surface area contributed by atoms with Crippen molar-refractivity contribution in [3.8, 4) is 0 Å². The third-order valence-corrected chi connectivity index (χ3v) is 5.53. The SMILES string of the molecule is O=C(O)[C@@H]1CN(C(=O)c2cccc3c2CCC3)C[C@@H]1c1ccccc1. The summed E-state index contributed by atoms with van der Waals surface area (Å²) in [7, 11) is 0. The van der Waals surface area contributed by atoms with Crippen LogP contribution in [-0.4, -0.2) is 35.0 Å². The largest absolute Gasteiger partial charge is 0.481 e. The summed E-state index contributed by atoms with van der Waals surface area (Å²) in [5.41, 5.74) is 4.17. The summed E-state index contributed by atoms with van der Waals surface area (Å²) in [5.74, 6) is -1.56. The maximum absolute atomic E-state index is 13.1. The van der Waals surface area contributed by atoms with E-state index in [0.717, 1.165) is 36.0 Å². The number of nitrogens with zero attached hydrogens (tertiary/aromatic N) is 1. The number of carbonyl (C=O) groups excluding carboxylic acids is 1. The van der Waals surface area contributed by atoms with Crippen LogP contribution >= 0.6 is 0 Å². The van der Waals surface area contributed by atoms with E-state index in [0.29, 0.717) is 6.54 Å². The summed E-state index contributed by atoms with van der Waals surface area (Å²) in [6, 6.07) is 15.6. The topological polar surface area (TPSA) is 57.6 Å². The highest BCUT2D eigenvalue weighted by atomic mass is 16.4. The van der Waals surface area contributed by atoms with E-state index in [-0.39, 0.29) is 18.4 Å². The monoisotopic (exact) mass is 335 g/mol. The highest BCUT2D eigenvalue weighted by Crippen LogP contribution is 2.35. The third kappa shape index (κ3) is 2.82. The van der Waals surface area contributed by atoms with Crippen LogP contribution in [0.3, 0.4) is 0 Å². The number of aliphatic carboxylic acids is 1. The lowest BCUT2D eigenvalue weighted by Crippen LogP contribution is -2.30. The van der Waals surface area contributed by atoms with Crippen LogP contribution in [0.25, 0.3) is 0 Å². The summed E-state index contributed by atoms with van der Waals surface area (Å²) >= 11 is 0. The first-order valence-corrected chi connectivity index (χ1v) is 8.83. The van der Waals surface area contributed by atoms with Crippen molar-refractivity contribution in [1.82, 2.24) is 4.90 Å². The number of aryl methyl sites for hydroxylation is 1. The van der Waals surface area contributed by atoms with Crippen LogP contribution in [0.1, 0.15) is 39.4 Å². The lowest BCUT2D eigenvalue weighted by Gasteiger charge is -2.18. The molecular formula is C21H21NO3. The van der Waals surface area contributed by atoms with Crippen LogP contribution in [0.5, 0.6) is 0 Å². The normalized spacial score (nSPS) is 22.0. The number of rotatable bonds is 3. The summed E-state index contributed by atoms with van der Waals surface area (Å²) in [6.07, 6.45) is 3.06. The second-order valence-corrected chi connectivity index (χ2v) is 6.97. The van der Waals surface area contributed by atoms with Gasteiger partial charge in [-0.1, -0.05) is 42.5 Å². The Morgan fingerprint density at radius 3 is 2.52 bits per heavy atom. The maximum atomic E-state index is 13.1. The molecule has 1 heterocycles. The van der Waals surface area contributed by atoms with E-state index >= 15 is 0 Å². The van der Waals surface area contributed by atoms with Gasteiger partial charge in [-0.05, 0) is 42.0 Å². The van der Waals surface area contributed by atoms with Gasteiger partial charge in [-0.15, -0.1) is 0 Å². The van der Waals surface area contributed by atoms with Gasteiger partial charge in [0.1, 0.15) is 0 Å². The van der Waals surface area contributed by atoms with E-state index < -0.39 is 11.9 Å². The molecule has 1 aliphatic heterocycles. The Kier molecular flexibility index (Phi) is 4.04. The number of hydrogen-bond acceptors (Lipinski definition) is 2. The van der Waals surface area contributed by atoms with Crippen LogP contribution in [0.4, 0.5) is 0 Å². The second kappa shape index (κ2) is 6.36. The molecule has 2 aliphatic rings. The number of carboxylic acid groups (broad SMARTS) is 1. The Morgan fingerprint density at radius 2 is 1.76 bits per heavy atom. The van der Waals surface area contributed by atoms with Gasteiger partial charge in [0.15, 0.2) is 0 Å². The van der Waals surface area contributed by atoms with E-state index in [1.165, 1.54) is 5.56 Å². The average molecular weight is 335 g/mol. The minimum atomic E-state index is -0.831. The fourth-order valence-corrected chi connectivity index (χ4v) is 4.25. The molecule has 2 aromatic carbocycles. The minimum Gasteiger partial charge on any atom is -0.481 e. The number of likely N-dealkylation sites (tertiary alicyclic amines) is 1. The van der Waals surface area contributed by atoms with Crippen LogP contribution in [0.2, 0.25) is 0 Å². The Balaban J connectivity index is 1.63. The fraction of sp³-hybridized carbons (Fsp3) is 0.333. The molecule has 0 unspecified atom stereocenters. The number of amides is 1. The van der Waals surface area contributed by atoms with Crippen molar-refractivity contribution in [2.24, 2.45) is 5.92 Å². The molecule has 0 bridgehead atoms. The molecule has 1 N–H and O–H groups in total. The molecule has 1 amide bonds. The average Bonchev–Trinajstić information content (AvgIpc) is 3.28. The van der Waals surface area contributed by atoms with Gasteiger partial charge in [-0.3, -0.25) is 9.59 Å². The van der Waals surface area contributed by atoms with Gasteiger partial charge >= 0.3 is 5.97 Å². The zero-order valence-corrected chi connectivity index (χ0v) is 14.0. The molecule has 0 aromatic heterocycles. The van der Waals surface area contributed by atoms with Gasteiger partial charge in [0.2, 0.25) is 0 Å². The van der Waals surface area contributed by atoms with Gasteiger partial charge in [0.05, 0.1) is 5.92 Å². The van der Waals surface area contributed by atoms with Crippen molar-refractivity contribution < 1.29 is 14.7 Å². The van der Waals surface area contributed by atoms with E-state index in [4.69, 9.17) is 0 Å². The van der Waals surface area contributed by atoms with E-state index in [2.05, 4.69) is 6.07 Å². The minimum absolute atomic E-state index is 0.0246. The maximum Gasteiger partial charge on any atom is 0.308 e. The van der Waals surface area contributed by atoms with Crippen molar-refractivity contribution in [3.63, 3.8) is 0 Å². The van der Waals surface area contributed by atoms with Gasteiger partial charge in [-0.2, -0.15) is 0 Å². The van der Waals surface area contributed by atoms with Crippen molar-refractivity contribution in [3.05, 3.63) is 70.8 Å². The molecule has 2 aromatic rings. The van der Waals surface area contributed by atoms with Crippen LogP contribution in [0.15, 0.2) is 48.5 Å². The lowest BCUT2D eigenvalue weighted by atomic mass is 9.89. The Hall–Kier alpha value is -2.62. The molecule has 128 valence electrons. The van der Waals surface area contributed by atoms with Gasteiger partial charge in [0.25, 0.3) is 5.91 Å². The predicted molar refractivity (Wildman–Crippen MR) is 94.7 cm³/mol. The predicted octanol–water partition coefficient (Wildman–Crippen LogP) is 3.12. The first-order valence-electron chi connectivity index (χ1n) is 8.83. The summed E-state index contributed by atoms with van der Waals surface area (Å²) in [4.78, 5) is 26.6. The molecule has 25 heavy (non-hydrogen) atoms. The van der Waals surface area contributed by atoms with Gasteiger partial charge in [-0.25, -0.2) is 0 Å². The number of benzene rings is 2. The molecule has 2 atom stereocenters. The standard InChI is InChI=1S/C21H21NO3/c23-20(17-11-5-9-14-8-4-10-16(14)17)22-12-18(19(13-22)21(24)25)15-6-2-1-3-7-15/h1-3,5-7,9,11,18-19H,4,8,10,12-13H2,(H,24,25)/t18-,19-/m1/s1. The van der Waals surface area contributed by atoms with E-state index in [1.54, 1.807) is 4.90 Å². The molecule has 4 rings (SSSR count). The molecule has 1 fully saturated rings. The smallest absolute Gasteiger partial charge is 0.308 e. The highest BCUT2D eigenvalue weighted by molar-refractivity contribution is 5.97. The van der Waals surface area contributed by atoms with E-state index in [9.17, 15) is 14.7 Å². The van der Waals surface area contributed by atoms with Gasteiger partial charge < -0.3 is 10.0 Å². The molecule has 0 spiro atoms. The van der Waals surface area contributed by atoms with E-state index in [1.807, 2.05) is 42.5 Å². The summed E-state index contributed by atoms with van der Waals surface area (Å²) < 4.78 is 0. The summed E-state index contributed by atoms with van der Waals surface area (Å²) in [5, 5.41) is 9.63. The van der Waals surface area contributed by atoms with Crippen molar-refractivity contribution in [2.45, 2.75) is 25.2 Å². The van der Waals surface area contributed by atoms with Crippen LogP contribution in [0, 0.1) is 5.92 Å². The van der Waals surface area contributed by atoms with Gasteiger partial charge in [0, 0.05) is 24.6 Å². The molecule has 1 saturated heterocycles. The highest BCUT2D eigenvalue weighted by Gasteiger charge is 2.41. The van der Waals surface area contributed by atoms with Crippen molar-refractivity contribution in [1.29, 1.82) is 0 Å². The van der Waals surface area contributed by atoms with Crippen molar-refractivity contribution in [2.75, 3.05) is 13.1 Å². The van der Waals surface area contributed by atoms with Crippen LogP contribution < -0.4 is 0 Å². The lowest BCUT2D eigenvalue weighted by molar-refractivity contribution is -0.141. The third-order valence-electron chi connectivity index (χ3n) is 5.53. The quantitative estimate of drug-likeness (QED) is 0.937. The number of carbonyl (C=O) groups is 2. The zero-order valence-electron chi connectivity index (χ0n) is 14.0. The fourth-order valence-electron chi connectivity index (χ4n) is 4.25. The van der Waals surface area contributed by atoms with Crippen LogP contribution in [-0.2, 0) is 17.6 Å². The second-order valence-electron chi connectivity index (χ2n) is 6.97. The number of fused-ring (bicyclic) bond motifs is 1.